The number of aliphatic hydroxyl groups is 1. The van der Waals surface area contributed by atoms with Crippen molar-refractivity contribution in [1.29, 1.82) is 0 Å². The van der Waals surface area contributed by atoms with Gasteiger partial charge in [0.1, 0.15) is 10.6 Å². The Labute approximate surface area is 87.0 Å². The summed E-state index contributed by atoms with van der Waals surface area (Å²) >= 11 is 1.49. The van der Waals surface area contributed by atoms with Crippen LogP contribution in [0.2, 0.25) is 0 Å². The smallest absolute Gasteiger partial charge is 0.251 e. The summed E-state index contributed by atoms with van der Waals surface area (Å²) in [5.74, 6) is -0.384. The van der Waals surface area contributed by atoms with Crippen molar-refractivity contribution in [1.82, 2.24) is 10.3 Å². The number of rotatable bonds is 3. The first-order chi connectivity index (χ1) is 6.39. The summed E-state index contributed by atoms with van der Waals surface area (Å²) in [5, 5.41) is 14.7. The molecule has 0 unspecified atom stereocenters. The van der Waals surface area contributed by atoms with Crippen molar-refractivity contribution in [3.05, 3.63) is 16.1 Å². The average molecular weight is 214 g/mol. The van der Waals surface area contributed by atoms with Gasteiger partial charge in [0, 0.05) is 11.1 Å². The molecule has 0 fully saturated rings. The van der Waals surface area contributed by atoms with Gasteiger partial charge in [-0.15, -0.1) is 11.3 Å². The SMILES string of the molecule is Cc1csc(CNC(=O)C(C)(C)O)n1. The second kappa shape index (κ2) is 4.06. The van der Waals surface area contributed by atoms with E-state index in [9.17, 15) is 9.90 Å². The zero-order chi connectivity index (χ0) is 10.8. The molecule has 2 N–H and O–H groups in total. The lowest BCUT2D eigenvalue weighted by molar-refractivity contribution is -0.136. The molecule has 1 amide bonds. The second-order valence-corrected chi connectivity index (χ2v) is 4.57. The number of amides is 1. The molecule has 4 nitrogen and oxygen atoms in total. The fourth-order valence-electron chi connectivity index (χ4n) is 0.856. The van der Waals surface area contributed by atoms with Crippen LogP contribution >= 0.6 is 11.3 Å². The second-order valence-electron chi connectivity index (χ2n) is 3.62. The van der Waals surface area contributed by atoms with Crippen LogP contribution in [0.5, 0.6) is 0 Å². The Morgan fingerprint density at radius 1 is 1.71 bits per heavy atom. The summed E-state index contributed by atoms with van der Waals surface area (Å²) < 4.78 is 0. The maximum absolute atomic E-state index is 11.3. The Kier molecular flexibility index (Phi) is 3.23. The van der Waals surface area contributed by atoms with Gasteiger partial charge < -0.3 is 10.4 Å². The predicted octanol–water partition coefficient (Wildman–Crippen LogP) is 0.839. The van der Waals surface area contributed by atoms with Crippen LogP contribution in [0.25, 0.3) is 0 Å². The van der Waals surface area contributed by atoms with Crippen molar-refractivity contribution in [3.63, 3.8) is 0 Å². The van der Waals surface area contributed by atoms with E-state index in [-0.39, 0.29) is 5.91 Å². The van der Waals surface area contributed by atoms with Gasteiger partial charge in [0.05, 0.1) is 6.54 Å². The number of carbonyl (C=O) groups is 1. The zero-order valence-electron chi connectivity index (χ0n) is 8.50. The number of thiazole rings is 1. The van der Waals surface area contributed by atoms with Gasteiger partial charge in [-0.25, -0.2) is 4.98 Å². The summed E-state index contributed by atoms with van der Waals surface area (Å²) in [4.78, 5) is 15.4. The fraction of sp³-hybridized carbons (Fsp3) is 0.556. The Bertz CT molecular complexity index is 328. The molecule has 0 aromatic carbocycles. The lowest BCUT2D eigenvalue weighted by Crippen LogP contribution is -2.41. The molecule has 1 rings (SSSR count). The lowest BCUT2D eigenvalue weighted by atomic mass is 10.1. The number of nitrogens with zero attached hydrogens (tertiary/aromatic N) is 1. The highest BCUT2D eigenvalue weighted by Crippen LogP contribution is 2.08. The first kappa shape index (κ1) is 11.1. The Morgan fingerprint density at radius 3 is 2.79 bits per heavy atom. The molecule has 1 heterocycles. The van der Waals surface area contributed by atoms with Crippen LogP contribution < -0.4 is 5.32 Å². The minimum absolute atomic E-state index is 0.376. The molecule has 0 aliphatic carbocycles. The number of aryl methyl sites for hydroxylation is 1. The normalized spacial score (nSPS) is 11.4. The molecule has 0 aliphatic rings. The van der Waals surface area contributed by atoms with Gasteiger partial charge >= 0.3 is 0 Å². The molecule has 0 spiro atoms. The summed E-state index contributed by atoms with van der Waals surface area (Å²) in [7, 11) is 0. The Morgan fingerprint density at radius 2 is 2.36 bits per heavy atom. The van der Waals surface area contributed by atoms with E-state index in [0.29, 0.717) is 6.54 Å². The summed E-state index contributed by atoms with van der Waals surface area (Å²) in [6, 6.07) is 0. The highest BCUT2D eigenvalue weighted by Gasteiger charge is 2.23. The quantitative estimate of drug-likeness (QED) is 0.783. The van der Waals surface area contributed by atoms with E-state index in [1.807, 2.05) is 12.3 Å². The fourth-order valence-corrected chi connectivity index (χ4v) is 1.57. The number of hydrogen-bond donors (Lipinski definition) is 2. The molecule has 0 saturated carbocycles. The Balaban J connectivity index is 2.46. The summed E-state index contributed by atoms with van der Waals surface area (Å²) in [5.41, 5.74) is -0.380. The van der Waals surface area contributed by atoms with Crippen LogP contribution in [0.3, 0.4) is 0 Å². The molecule has 0 saturated heterocycles. The number of nitrogens with one attached hydrogen (secondary N) is 1. The van der Waals surface area contributed by atoms with E-state index in [2.05, 4.69) is 10.3 Å². The van der Waals surface area contributed by atoms with Gasteiger partial charge in [-0.2, -0.15) is 0 Å². The van der Waals surface area contributed by atoms with Crippen molar-refractivity contribution in [2.45, 2.75) is 32.9 Å². The highest BCUT2D eigenvalue weighted by molar-refractivity contribution is 7.09. The minimum atomic E-state index is -1.33. The van der Waals surface area contributed by atoms with Crippen LogP contribution in [-0.4, -0.2) is 21.6 Å². The summed E-state index contributed by atoms with van der Waals surface area (Å²) in [6.45, 7) is 5.18. The van der Waals surface area contributed by atoms with Crippen LogP contribution in [0, 0.1) is 6.92 Å². The molecule has 14 heavy (non-hydrogen) atoms. The standard InChI is InChI=1S/C9H14N2O2S/c1-6-5-14-7(11-6)4-10-8(12)9(2,3)13/h5,13H,4H2,1-3H3,(H,10,12). The highest BCUT2D eigenvalue weighted by atomic mass is 32.1. The molecular formula is C9H14N2O2S. The number of hydrogen-bond acceptors (Lipinski definition) is 4. The van der Waals surface area contributed by atoms with Crippen LogP contribution in [0.4, 0.5) is 0 Å². The third-order valence-corrected chi connectivity index (χ3v) is 2.59. The molecule has 78 valence electrons. The lowest BCUT2D eigenvalue weighted by Gasteiger charge is -2.15. The van der Waals surface area contributed by atoms with Crippen molar-refractivity contribution >= 4 is 17.2 Å². The molecule has 0 aliphatic heterocycles. The van der Waals surface area contributed by atoms with Gasteiger partial charge in [0.2, 0.25) is 0 Å². The van der Waals surface area contributed by atoms with E-state index in [1.54, 1.807) is 0 Å². The maximum Gasteiger partial charge on any atom is 0.251 e. The number of carbonyl (C=O) groups excluding carboxylic acids is 1. The molecule has 0 radical (unpaired) electrons. The van der Waals surface area contributed by atoms with Crippen molar-refractivity contribution in [2.75, 3.05) is 0 Å². The largest absolute Gasteiger partial charge is 0.381 e. The third-order valence-electron chi connectivity index (χ3n) is 1.62. The molecule has 1 aromatic rings. The maximum atomic E-state index is 11.3. The van der Waals surface area contributed by atoms with E-state index in [0.717, 1.165) is 10.7 Å². The first-order valence-electron chi connectivity index (χ1n) is 4.31. The van der Waals surface area contributed by atoms with E-state index < -0.39 is 5.60 Å². The van der Waals surface area contributed by atoms with Crippen LogP contribution in [0.1, 0.15) is 24.5 Å². The van der Waals surface area contributed by atoms with Gasteiger partial charge in [0.15, 0.2) is 0 Å². The summed E-state index contributed by atoms with van der Waals surface area (Å²) in [6.07, 6.45) is 0. The molecule has 0 bridgehead atoms. The van der Waals surface area contributed by atoms with E-state index in [1.165, 1.54) is 25.2 Å². The molecular weight excluding hydrogens is 200 g/mol. The van der Waals surface area contributed by atoms with Gasteiger partial charge in [-0.05, 0) is 20.8 Å². The van der Waals surface area contributed by atoms with E-state index >= 15 is 0 Å². The number of aromatic nitrogens is 1. The van der Waals surface area contributed by atoms with Crippen LogP contribution in [0.15, 0.2) is 5.38 Å². The topological polar surface area (TPSA) is 62.2 Å². The minimum Gasteiger partial charge on any atom is -0.381 e. The van der Waals surface area contributed by atoms with Gasteiger partial charge in [0.25, 0.3) is 5.91 Å². The monoisotopic (exact) mass is 214 g/mol. The predicted molar refractivity (Wildman–Crippen MR) is 55.0 cm³/mol. The molecule has 0 atom stereocenters. The molecule has 5 heteroatoms. The van der Waals surface area contributed by atoms with Crippen molar-refractivity contribution in [3.8, 4) is 0 Å². The first-order valence-corrected chi connectivity index (χ1v) is 5.19. The van der Waals surface area contributed by atoms with E-state index in [4.69, 9.17) is 0 Å². The van der Waals surface area contributed by atoms with Gasteiger partial charge in [-0.3, -0.25) is 4.79 Å². The zero-order valence-corrected chi connectivity index (χ0v) is 9.31. The van der Waals surface area contributed by atoms with Gasteiger partial charge in [-0.1, -0.05) is 0 Å². The molecule has 1 aromatic heterocycles. The third kappa shape index (κ3) is 3.08. The Hall–Kier alpha value is -0.940. The van der Waals surface area contributed by atoms with Crippen LogP contribution in [-0.2, 0) is 11.3 Å². The van der Waals surface area contributed by atoms with Crippen molar-refractivity contribution in [2.24, 2.45) is 0 Å². The average Bonchev–Trinajstić information content (AvgIpc) is 2.45. The van der Waals surface area contributed by atoms with Crippen molar-refractivity contribution < 1.29 is 9.90 Å².